The minimum atomic E-state index is -3.40. The van der Waals surface area contributed by atoms with E-state index in [4.69, 9.17) is 4.42 Å². The van der Waals surface area contributed by atoms with E-state index < -0.39 is 15.7 Å². The molecule has 0 aliphatic rings. The number of anilines is 1. The highest BCUT2D eigenvalue weighted by Gasteiger charge is 2.18. The number of sulfone groups is 1. The molecule has 0 aliphatic heterocycles. The van der Waals surface area contributed by atoms with Crippen LogP contribution in [0.5, 0.6) is 0 Å². The van der Waals surface area contributed by atoms with Gasteiger partial charge < -0.3 is 4.42 Å². The standard InChI is InChI=1S/C11H11N3O4S2/c1-2-20(16,17)11-14-13-10(19-11)12-9(15)6-5-8-4-3-7-18-8/h3-7H,2H2,1H3,(H,12,13,15). The smallest absolute Gasteiger partial charge is 0.250 e. The Bertz CT molecular complexity index is 717. The summed E-state index contributed by atoms with van der Waals surface area (Å²) in [5.41, 5.74) is 0. The molecule has 0 unspecified atom stereocenters. The highest BCUT2D eigenvalue weighted by molar-refractivity contribution is 7.93. The van der Waals surface area contributed by atoms with Crippen molar-refractivity contribution in [3.05, 3.63) is 30.2 Å². The van der Waals surface area contributed by atoms with Crippen molar-refractivity contribution in [2.24, 2.45) is 0 Å². The van der Waals surface area contributed by atoms with Gasteiger partial charge in [-0.1, -0.05) is 18.3 Å². The molecule has 2 heterocycles. The molecule has 0 saturated carbocycles. The molecule has 0 spiro atoms. The number of nitrogens with one attached hydrogen (secondary N) is 1. The predicted octanol–water partition coefficient (Wildman–Crippen LogP) is 1.58. The summed E-state index contributed by atoms with van der Waals surface area (Å²) in [6.45, 7) is 1.51. The van der Waals surface area contributed by atoms with Crippen molar-refractivity contribution in [2.75, 3.05) is 11.1 Å². The first kappa shape index (κ1) is 14.4. The second-order valence-electron chi connectivity index (χ2n) is 3.61. The molecule has 0 fully saturated rings. The van der Waals surface area contributed by atoms with Crippen molar-refractivity contribution >= 4 is 38.3 Å². The summed E-state index contributed by atoms with van der Waals surface area (Å²) in [6.07, 6.45) is 4.23. The number of nitrogens with zero attached hydrogens (tertiary/aromatic N) is 2. The summed E-state index contributed by atoms with van der Waals surface area (Å²) in [4.78, 5) is 11.6. The van der Waals surface area contributed by atoms with Crippen molar-refractivity contribution in [1.82, 2.24) is 10.2 Å². The predicted molar refractivity (Wildman–Crippen MR) is 74.0 cm³/mol. The van der Waals surface area contributed by atoms with E-state index in [-0.39, 0.29) is 15.2 Å². The van der Waals surface area contributed by atoms with Crippen molar-refractivity contribution in [3.63, 3.8) is 0 Å². The molecule has 0 radical (unpaired) electrons. The summed E-state index contributed by atoms with van der Waals surface area (Å²) in [5.74, 6) is 0.0261. The highest BCUT2D eigenvalue weighted by atomic mass is 32.2. The van der Waals surface area contributed by atoms with Gasteiger partial charge in [0.1, 0.15) is 5.76 Å². The lowest BCUT2D eigenvalue weighted by Crippen LogP contribution is -2.07. The van der Waals surface area contributed by atoms with Crippen molar-refractivity contribution in [3.8, 4) is 0 Å². The average Bonchev–Trinajstić information content (AvgIpc) is 3.07. The quantitative estimate of drug-likeness (QED) is 0.664. The van der Waals surface area contributed by atoms with E-state index in [9.17, 15) is 13.2 Å². The fourth-order valence-electron chi connectivity index (χ4n) is 1.20. The third-order valence-corrected chi connectivity index (χ3v) is 5.24. The molecule has 0 aromatic carbocycles. The Morgan fingerprint density at radius 1 is 1.50 bits per heavy atom. The topological polar surface area (TPSA) is 102 Å². The molecule has 0 saturated heterocycles. The molecule has 2 rings (SSSR count). The SMILES string of the molecule is CCS(=O)(=O)c1nnc(NC(=O)C=Cc2ccco2)s1. The van der Waals surface area contributed by atoms with Crippen LogP contribution in [0.1, 0.15) is 12.7 Å². The van der Waals surface area contributed by atoms with Gasteiger partial charge in [0, 0.05) is 6.08 Å². The fourth-order valence-corrected chi connectivity index (χ4v) is 3.19. The maximum Gasteiger partial charge on any atom is 0.250 e. The minimum absolute atomic E-state index is 0.0615. The highest BCUT2D eigenvalue weighted by Crippen LogP contribution is 2.20. The van der Waals surface area contributed by atoms with Crippen LogP contribution in [-0.2, 0) is 14.6 Å². The van der Waals surface area contributed by atoms with Crippen molar-refractivity contribution in [2.45, 2.75) is 11.3 Å². The lowest BCUT2D eigenvalue weighted by molar-refractivity contribution is -0.111. The van der Waals surface area contributed by atoms with Crippen molar-refractivity contribution in [1.29, 1.82) is 0 Å². The van der Waals surface area contributed by atoms with Crippen LogP contribution in [-0.4, -0.2) is 30.3 Å². The maximum absolute atomic E-state index is 11.6. The van der Waals surface area contributed by atoms with Gasteiger partial charge in [0.25, 0.3) is 0 Å². The third kappa shape index (κ3) is 3.52. The second-order valence-corrected chi connectivity index (χ2v) is 7.04. The van der Waals surface area contributed by atoms with E-state index in [1.54, 1.807) is 12.1 Å². The first-order valence-electron chi connectivity index (χ1n) is 5.60. The molecular weight excluding hydrogens is 302 g/mol. The fraction of sp³-hybridized carbons (Fsp3) is 0.182. The lowest BCUT2D eigenvalue weighted by atomic mass is 10.4. The Kier molecular flexibility index (Phi) is 4.30. The van der Waals surface area contributed by atoms with Crippen LogP contribution >= 0.6 is 11.3 Å². The first-order chi connectivity index (χ1) is 9.51. The van der Waals surface area contributed by atoms with Crippen LogP contribution in [0.25, 0.3) is 6.08 Å². The summed E-state index contributed by atoms with van der Waals surface area (Å²) in [6, 6.07) is 3.39. The van der Waals surface area contributed by atoms with Gasteiger partial charge in [-0.3, -0.25) is 10.1 Å². The lowest BCUT2D eigenvalue weighted by Gasteiger charge is -1.94. The van der Waals surface area contributed by atoms with Crippen molar-refractivity contribution < 1.29 is 17.6 Å². The van der Waals surface area contributed by atoms with E-state index >= 15 is 0 Å². The molecule has 0 atom stereocenters. The van der Waals surface area contributed by atoms with Crippen LogP contribution in [0, 0.1) is 0 Å². The number of rotatable bonds is 5. The van der Waals surface area contributed by atoms with Gasteiger partial charge in [-0.05, 0) is 18.2 Å². The van der Waals surface area contributed by atoms with Gasteiger partial charge in [-0.25, -0.2) is 8.42 Å². The van der Waals surface area contributed by atoms with Crippen LogP contribution in [0.15, 0.2) is 33.2 Å². The van der Waals surface area contributed by atoms with Gasteiger partial charge in [0.2, 0.25) is 25.2 Å². The van der Waals surface area contributed by atoms with E-state index in [2.05, 4.69) is 15.5 Å². The van der Waals surface area contributed by atoms with Gasteiger partial charge >= 0.3 is 0 Å². The molecule has 20 heavy (non-hydrogen) atoms. The Labute approximate surface area is 119 Å². The zero-order valence-electron chi connectivity index (χ0n) is 10.4. The average molecular weight is 313 g/mol. The Balaban J connectivity index is 2.02. The number of hydrogen-bond acceptors (Lipinski definition) is 7. The molecule has 0 aliphatic carbocycles. The third-order valence-electron chi connectivity index (χ3n) is 2.22. The number of furan rings is 1. The van der Waals surface area contributed by atoms with Gasteiger partial charge in [-0.15, -0.1) is 10.2 Å². The van der Waals surface area contributed by atoms with Gasteiger partial charge in [0.15, 0.2) is 0 Å². The molecule has 106 valence electrons. The van der Waals surface area contributed by atoms with E-state index in [0.29, 0.717) is 5.76 Å². The Morgan fingerprint density at radius 2 is 2.30 bits per heavy atom. The number of carbonyl (C=O) groups is 1. The number of carbonyl (C=O) groups excluding carboxylic acids is 1. The van der Waals surface area contributed by atoms with Crippen LogP contribution in [0.2, 0.25) is 0 Å². The number of aromatic nitrogens is 2. The molecule has 2 aromatic heterocycles. The normalized spacial score (nSPS) is 11.8. The Morgan fingerprint density at radius 3 is 2.95 bits per heavy atom. The van der Waals surface area contributed by atoms with Crippen LogP contribution in [0.3, 0.4) is 0 Å². The summed E-state index contributed by atoms with van der Waals surface area (Å²) >= 11 is 0.817. The van der Waals surface area contributed by atoms with Gasteiger partial charge in [0.05, 0.1) is 12.0 Å². The second kappa shape index (κ2) is 5.97. The molecular formula is C11H11N3O4S2. The molecule has 7 nitrogen and oxygen atoms in total. The zero-order chi connectivity index (χ0) is 14.6. The summed E-state index contributed by atoms with van der Waals surface area (Å²) < 4.78 is 28.0. The van der Waals surface area contributed by atoms with Crippen LogP contribution in [0.4, 0.5) is 5.13 Å². The maximum atomic E-state index is 11.6. The zero-order valence-corrected chi connectivity index (χ0v) is 12.1. The van der Waals surface area contributed by atoms with Crippen LogP contribution < -0.4 is 5.32 Å². The molecule has 9 heteroatoms. The molecule has 0 bridgehead atoms. The minimum Gasteiger partial charge on any atom is -0.465 e. The van der Waals surface area contributed by atoms with E-state index in [1.165, 1.54) is 25.3 Å². The summed E-state index contributed by atoms with van der Waals surface area (Å²) in [5, 5.41) is 9.73. The largest absolute Gasteiger partial charge is 0.465 e. The molecule has 2 aromatic rings. The molecule has 1 N–H and O–H groups in total. The number of hydrogen-bond donors (Lipinski definition) is 1. The molecule has 1 amide bonds. The Hall–Kier alpha value is -2.00. The van der Waals surface area contributed by atoms with E-state index in [1.807, 2.05) is 0 Å². The van der Waals surface area contributed by atoms with Gasteiger partial charge in [-0.2, -0.15) is 0 Å². The number of amides is 1. The first-order valence-corrected chi connectivity index (χ1v) is 8.07. The van der Waals surface area contributed by atoms with E-state index in [0.717, 1.165) is 11.3 Å². The summed E-state index contributed by atoms with van der Waals surface area (Å²) in [7, 11) is -3.40. The monoisotopic (exact) mass is 313 g/mol.